The molecule has 160 valence electrons. The number of para-hydroxylation sites is 2. The maximum Gasteiger partial charge on any atom is 0.262 e. The van der Waals surface area contributed by atoms with E-state index in [1.165, 1.54) is 0 Å². The van der Waals surface area contributed by atoms with Crippen molar-refractivity contribution in [2.24, 2.45) is 0 Å². The van der Waals surface area contributed by atoms with Crippen molar-refractivity contribution in [3.63, 3.8) is 0 Å². The highest BCUT2D eigenvalue weighted by Gasteiger charge is 2.33. The molecule has 1 aliphatic heterocycles. The molecular formula is C26H23N3O3. The zero-order valence-corrected chi connectivity index (χ0v) is 17.9. The summed E-state index contributed by atoms with van der Waals surface area (Å²) in [6, 6.07) is 25.1. The molecule has 0 bridgehead atoms. The number of aryl methyl sites for hydroxylation is 2. The Morgan fingerprint density at radius 3 is 2.41 bits per heavy atom. The number of benzene rings is 3. The second kappa shape index (κ2) is 8.23. The number of amides is 1. The Hall–Kier alpha value is -4.06. The largest absolute Gasteiger partial charge is 0.489 e. The molecule has 6 heteroatoms. The lowest BCUT2D eigenvalue weighted by molar-refractivity contribution is 0.0975. The maximum absolute atomic E-state index is 13.4. The first-order valence-electron chi connectivity index (χ1n) is 10.5. The van der Waals surface area contributed by atoms with Gasteiger partial charge in [0.2, 0.25) is 0 Å². The van der Waals surface area contributed by atoms with E-state index in [0.717, 1.165) is 39.7 Å². The molecule has 0 fully saturated rings. The topological polar surface area (TPSA) is 67.6 Å². The summed E-state index contributed by atoms with van der Waals surface area (Å²) in [6.07, 6.45) is -0.337. The van der Waals surface area contributed by atoms with Gasteiger partial charge in [0.25, 0.3) is 5.91 Å². The number of hydrogen-bond donors (Lipinski definition) is 1. The van der Waals surface area contributed by atoms with Crippen molar-refractivity contribution < 1.29 is 14.1 Å². The van der Waals surface area contributed by atoms with E-state index >= 15 is 0 Å². The first-order chi connectivity index (χ1) is 15.6. The van der Waals surface area contributed by atoms with E-state index < -0.39 is 0 Å². The second-order valence-electron chi connectivity index (χ2n) is 7.76. The van der Waals surface area contributed by atoms with Gasteiger partial charge in [-0.05, 0) is 55.8 Å². The Balaban J connectivity index is 1.43. The Labute approximate surface area is 186 Å². The smallest absolute Gasteiger partial charge is 0.262 e. The maximum atomic E-state index is 13.4. The molecule has 4 aromatic rings. The van der Waals surface area contributed by atoms with Crippen LogP contribution in [0.1, 0.15) is 39.1 Å². The quantitative estimate of drug-likeness (QED) is 0.448. The van der Waals surface area contributed by atoms with Crippen LogP contribution in [0, 0.1) is 13.8 Å². The molecular weight excluding hydrogens is 402 g/mol. The number of carbonyl (C=O) groups is 1. The van der Waals surface area contributed by atoms with E-state index in [-0.39, 0.29) is 12.1 Å². The van der Waals surface area contributed by atoms with Crippen LogP contribution in [-0.4, -0.2) is 11.1 Å². The van der Waals surface area contributed by atoms with Crippen LogP contribution >= 0.6 is 0 Å². The highest BCUT2D eigenvalue weighted by Crippen LogP contribution is 2.36. The molecule has 5 rings (SSSR count). The third-order valence-electron chi connectivity index (χ3n) is 5.72. The van der Waals surface area contributed by atoms with Gasteiger partial charge in [-0.2, -0.15) is 0 Å². The average Bonchev–Trinajstić information content (AvgIpc) is 3.15. The summed E-state index contributed by atoms with van der Waals surface area (Å²) < 4.78 is 11.1. The molecule has 0 aliphatic carbocycles. The van der Waals surface area contributed by atoms with Gasteiger partial charge in [-0.1, -0.05) is 47.6 Å². The lowest BCUT2D eigenvalue weighted by Gasteiger charge is -2.38. The normalized spacial score (nSPS) is 15.2. The fraction of sp³-hybridized carbons (Fsp3) is 0.154. The number of nitrogens with one attached hydrogen (secondary N) is 1. The van der Waals surface area contributed by atoms with Gasteiger partial charge < -0.3 is 14.6 Å². The summed E-state index contributed by atoms with van der Waals surface area (Å²) in [7, 11) is 0. The van der Waals surface area contributed by atoms with Crippen LogP contribution in [0.25, 0.3) is 0 Å². The summed E-state index contributed by atoms with van der Waals surface area (Å²) in [5.41, 5.74) is 5.08. The number of hydrogen-bond acceptors (Lipinski definition) is 5. The van der Waals surface area contributed by atoms with Gasteiger partial charge >= 0.3 is 0 Å². The monoisotopic (exact) mass is 425 g/mol. The predicted octanol–water partition coefficient (Wildman–Crippen LogP) is 5.64. The summed E-state index contributed by atoms with van der Waals surface area (Å²) in [5.74, 6) is 1.47. The van der Waals surface area contributed by atoms with Gasteiger partial charge in [0, 0.05) is 11.4 Å². The van der Waals surface area contributed by atoms with Gasteiger partial charge in [-0.15, -0.1) is 0 Å². The lowest BCUT2D eigenvalue weighted by Crippen LogP contribution is -2.43. The fourth-order valence-corrected chi connectivity index (χ4v) is 3.95. The van der Waals surface area contributed by atoms with Gasteiger partial charge in [-0.25, -0.2) is 0 Å². The number of carbonyl (C=O) groups excluding carboxylic acids is 1. The predicted molar refractivity (Wildman–Crippen MR) is 123 cm³/mol. The van der Waals surface area contributed by atoms with Gasteiger partial charge in [0.1, 0.15) is 24.3 Å². The number of ether oxygens (including phenoxy) is 1. The first kappa shape index (κ1) is 19.9. The SMILES string of the molecule is Cc1noc(C)c1COc1ccc([C@H]2Nc3ccccc3C(=O)N2c2ccccc2)cc1. The highest BCUT2D eigenvalue weighted by molar-refractivity contribution is 6.12. The van der Waals surface area contributed by atoms with Crippen molar-refractivity contribution in [1.82, 2.24) is 5.16 Å². The Kier molecular flexibility index (Phi) is 5.11. The van der Waals surface area contributed by atoms with Gasteiger partial charge in [-0.3, -0.25) is 9.69 Å². The fourth-order valence-electron chi connectivity index (χ4n) is 3.95. The Morgan fingerprint density at radius 1 is 0.969 bits per heavy atom. The van der Waals surface area contributed by atoms with Crippen molar-refractivity contribution in [3.8, 4) is 5.75 Å². The third kappa shape index (κ3) is 3.60. The van der Waals surface area contributed by atoms with E-state index in [1.807, 2.05) is 92.7 Å². The molecule has 1 N–H and O–H groups in total. The number of nitrogens with zero attached hydrogens (tertiary/aromatic N) is 2. The second-order valence-corrected chi connectivity index (χ2v) is 7.76. The minimum atomic E-state index is -0.337. The van der Waals surface area contributed by atoms with E-state index in [1.54, 1.807) is 4.90 Å². The molecule has 1 amide bonds. The number of rotatable bonds is 5. The van der Waals surface area contributed by atoms with Crippen LogP contribution in [0.4, 0.5) is 11.4 Å². The average molecular weight is 425 g/mol. The van der Waals surface area contributed by atoms with Crippen molar-refractivity contribution in [2.75, 3.05) is 10.2 Å². The standard InChI is InChI=1S/C26H23N3O3/c1-17-23(18(2)32-28-17)16-31-21-14-12-19(13-15-21)25-27-24-11-7-6-10-22(24)26(30)29(25)20-8-4-3-5-9-20/h3-15,25,27H,16H2,1-2H3/t25-/m0/s1. The van der Waals surface area contributed by atoms with Gasteiger partial charge in [0.05, 0.1) is 16.8 Å². The van der Waals surface area contributed by atoms with Crippen LogP contribution in [0.5, 0.6) is 5.75 Å². The summed E-state index contributed by atoms with van der Waals surface area (Å²) in [4.78, 5) is 15.2. The van der Waals surface area contributed by atoms with Crippen LogP contribution in [-0.2, 0) is 6.61 Å². The molecule has 0 radical (unpaired) electrons. The Morgan fingerprint density at radius 2 is 1.69 bits per heavy atom. The molecule has 0 saturated carbocycles. The van der Waals surface area contributed by atoms with Crippen molar-refractivity contribution >= 4 is 17.3 Å². The molecule has 2 heterocycles. The molecule has 0 unspecified atom stereocenters. The molecule has 32 heavy (non-hydrogen) atoms. The molecule has 3 aromatic carbocycles. The van der Waals surface area contributed by atoms with Crippen LogP contribution in [0.15, 0.2) is 83.4 Å². The van der Waals surface area contributed by atoms with Gasteiger partial charge in [0.15, 0.2) is 0 Å². The van der Waals surface area contributed by atoms with E-state index in [4.69, 9.17) is 9.26 Å². The molecule has 1 aromatic heterocycles. The minimum absolute atomic E-state index is 0.0331. The van der Waals surface area contributed by atoms with Crippen LogP contribution in [0.2, 0.25) is 0 Å². The molecule has 0 spiro atoms. The van der Waals surface area contributed by atoms with Crippen molar-refractivity contribution in [3.05, 3.63) is 107 Å². The van der Waals surface area contributed by atoms with Crippen molar-refractivity contribution in [1.29, 1.82) is 0 Å². The highest BCUT2D eigenvalue weighted by atomic mass is 16.5. The lowest BCUT2D eigenvalue weighted by atomic mass is 10.0. The summed E-state index contributed by atoms with van der Waals surface area (Å²) in [6.45, 7) is 4.17. The molecule has 0 saturated heterocycles. The number of fused-ring (bicyclic) bond motifs is 1. The van der Waals surface area contributed by atoms with E-state index in [0.29, 0.717) is 12.2 Å². The zero-order chi connectivity index (χ0) is 22.1. The molecule has 1 aliphatic rings. The number of anilines is 2. The van der Waals surface area contributed by atoms with Crippen LogP contribution < -0.4 is 15.0 Å². The van der Waals surface area contributed by atoms with Crippen molar-refractivity contribution in [2.45, 2.75) is 26.6 Å². The zero-order valence-electron chi connectivity index (χ0n) is 17.9. The Bertz CT molecular complexity index is 1230. The third-order valence-corrected chi connectivity index (χ3v) is 5.72. The molecule has 6 nitrogen and oxygen atoms in total. The first-order valence-corrected chi connectivity index (χ1v) is 10.5. The number of aromatic nitrogens is 1. The van der Waals surface area contributed by atoms with E-state index in [9.17, 15) is 4.79 Å². The van der Waals surface area contributed by atoms with Crippen LogP contribution in [0.3, 0.4) is 0 Å². The molecule has 1 atom stereocenters. The minimum Gasteiger partial charge on any atom is -0.489 e. The summed E-state index contributed by atoms with van der Waals surface area (Å²) >= 11 is 0. The summed E-state index contributed by atoms with van der Waals surface area (Å²) in [5, 5.41) is 7.49. The van der Waals surface area contributed by atoms with E-state index in [2.05, 4.69) is 10.5 Å².